The second-order valence-corrected chi connectivity index (χ2v) is 5.41. The van der Waals surface area contributed by atoms with Crippen LogP contribution in [0.3, 0.4) is 0 Å². The minimum absolute atomic E-state index is 0. The molecule has 6 nitrogen and oxygen atoms in total. The minimum atomic E-state index is -1.83. The monoisotopic (exact) mass is 598 g/mol. The molecular weight excluding hydrogens is 580 g/mol. The smallest absolute Gasteiger partial charge is 0.450 e. The van der Waals surface area contributed by atoms with Crippen LogP contribution in [0.2, 0.25) is 0 Å². The van der Waals surface area contributed by atoms with Gasteiger partial charge in [0.15, 0.2) is 0 Å². The maximum atomic E-state index is 11.8. The summed E-state index contributed by atoms with van der Waals surface area (Å²) in [5.41, 5.74) is 1.89. The van der Waals surface area contributed by atoms with E-state index in [9.17, 15) is 4.79 Å². The van der Waals surface area contributed by atoms with Crippen LogP contribution in [-0.2, 0) is 4.74 Å². The second kappa shape index (κ2) is 15.1. The Morgan fingerprint density at radius 1 is 0.889 bits per heavy atom. The SMILES string of the molecule is CCCCCCOC(=O)Oc1ccccc1-c1ccccc1.O=C(O)O.[Pu]. The van der Waals surface area contributed by atoms with Gasteiger partial charge in [0, 0.05) is 34.7 Å². The fourth-order valence-corrected chi connectivity index (χ4v) is 2.22. The molecule has 0 saturated heterocycles. The first kappa shape index (κ1) is 25.0. The van der Waals surface area contributed by atoms with E-state index >= 15 is 0 Å². The first-order valence-electron chi connectivity index (χ1n) is 8.45. The average Bonchev–Trinajstić information content (AvgIpc) is 2.62. The van der Waals surface area contributed by atoms with E-state index in [2.05, 4.69) is 6.92 Å². The van der Waals surface area contributed by atoms with E-state index in [0.29, 0.717) is 12.4 Å². The Morgan fingerprint density at radius 2 is 1.48 bits per heavy atom. The molecule has 0 spiro atoms. The molecule has 27 heavy (non-hydrogen) atoms. The van der Waals surface area contributed by atoms with Crippen LogP contribution in [-0.4, -0.2) is 29.1 Å². The van der Waals surface area contributed by atoms with Crippen molar-refractivity contribution in [3.8, 4) is 16.9 Å². The Morgan fingerprint density at radius 3 is 2.11 bits per heavy atom. The van der Waals surface area contributed by atoms with Crippen LogP contribution in [0.4, 0.5) is 9.59 Å². The number of benzene rings is 2. The molecule has 2 aromatic carbocycles. The Hall–Kier alpha value is -2.03. The van der Waals surface area contributed by atoms with E-state index in [0.717, 1.165) is 36.8 Å². The molecule has 0 aliphatic carbocycles. The predicted molar refractivity (Wildman–Crippen MR) is 98.6 cm³/mol. The fraction of sp³-hybridized carbons (Fsp3) is 0.300. The average molecular weight is 604 g/mol. The molecule has 0 heterocycles. The van der Waals surface area contributed by atoms with Crippen LogP contribution in [0, 0.1) is 29.2 Å². The zero-order chi connectivity index (χ0) is 19.2. The molecule has 0 aromatic heterocycles. The van der Waals surface area contributed by atoms with Crippen LogP contribution >= 0.6 is 0 Å². The van der Waals surface area contributed by atoms with Crippen LogP contribution in [0.25, 0.3) is 11.1 Å². The summed E-state index contributed by atoms with van der Waals surface area (Å²) in [5.74, 6) is 0.521. The Kier molecular flexibility index (Phi) is 13.9. The number of para-hydroxylation sites is 1. The first-order valence-corrected chi connectivity index (χ1v) is 8.45. The third kappa shape index (κ3) is 11.3. The van der Waals surface area contributed by atoms with Crippen molar-refractivity contribution in [2.75, 3.05) is 6.61 Å². The molecule has 0 aliphatic heterocycles. The van der Waals surface area contributed by atoms with Crippen molar-refractivity contribution in [2.45, 2.75) is 32.6 Å². The molecule has 2 aromatic rings. The predicted octanol–water partition coefficient (Wildman–Crippen LogP) is 5.67. The van der Waals surface area contributed by atoms with Gasteiger partial charge in [0.25, 0.3) is 0 Å². The molecule has 2 rings (SSSR count). The van der Waals surface area contributed by atoms with E-state index in [1.54, 1.807) is 6.07 Å². The van der Waals surface area contributed by atoms with Crippen molar-refractivity contribution < 1.29 is 58.5 Å². The van der Waals surface area contributed by atoms with Crippen molar-refractivity contribution in [3.63, 3.8) is 0 Å². The Bertz CT molecular complexity index is 671. The number of hydrogen-bond acceptors (Lipinski definition) is 4. The van der Waals surface area contributed by atoms with Gasteiger partial charge in [0.05, 0.1) is 6.61 Å². The molecule has 0 unspecified atom stereocenters. The van der Waals surface area contributed by atoms with Gasteiger partial charge in [-0.2, -0.15) is 0 Å². The van der Waals surface area contributed by atoms with E-state index in [-0.39, 0.29) is 29.2 Å². The first-order chi connectivity index (χ1) is 12.5. The van der Waals surface area contributed by atoms with E-state index in [1.165, 1.54) is 0 Å². The standard InChI is InChI=1S/C19H22O3.CH2O3.Pu/c1-2-3-4-10-15-21-19(20)22-18-14-9-8-13-17(18)16-11-6-5-7-12-16;2-1(3)4;/h5-9,11-14H,2-4,10,15H2,1H3;(H2,2,3,4);. The molecule has 0 atom stereocenters. The molecule has 146 valence electrons. The van der Waals surface area contributed by atoms with Crippen molar-refractivity contribution in [2.24, 2.45) is 0 Å². The quantitative estimate of drug-likeness (QED) is 0.241. The summed E-state index contributed by atoms with van der Waals surface area (Å²) < 4.78 is 10.5. The number of carbonyl (C=O) groups excluding carboxylic acids is 1. The summed E-state index contributed by atoms with van der Waals surface area (Å²) in [5, 5.41) is 13.9. The fourth-order valence-electron chi connectivity index (χ4n) is 2.22. The Balaban J connectivity index is 0.00000123. The minimum Gasteiger partial charge on any atom is -0.450 e. The van der Waals surface area contributed by atoms with Gasteiger partial charge < -0.3 is 19.7 Å². The summed E-state index contributed by atoms with van der Waals surface area (Å²) >= 11 is 0. The van der Waals surface area contributed by atoms with Crippen LogP contribution < -0.4 is 4.74 Å². The van der Waals surface area contributed by atoms with Gasteiger partial charge in [-0.05, 0) is 18.1 Å². The molecule has 0 radical (unpaired) electrons. The van der Waals surface area contributed by atoms with Crippen molar-refractivity contribution in [1.29, 1.82) is 0 Å². The number of ether oxygens (including phenoxy) is 2. The molecule has 0 amide bonds. The second-order valence-electron chi connectivity index (χ2n) is 5.41. The van der Waals surface area contributed by atoms with Crippen molar-refractivity contribution in [3.05, 3.63) is 54.6 Å². The topological polar surface area (TPSA) is 93.1 Å². The van der Waals surface area contributed by atoms with Gasteiger partial charge >= 0.3 is 12.3 Å². The number of carboxylic acid groups (broad SMARTS) is 2. The molecule has 2 N–H and O–H groups in total. The van der Waals surface area contributed by atoms with E-state index < -0.39 is 12.3 Å². The molecule has 0 bridgehead atoms. The van der Waals surface area contributed by atoms with Crippen molar-refractivity contribution in [1.82, 2.24) is 0 Å². The molecule has 0 fully saturated rings. The molecular formula is C20H24O6Pu. The van der Waals surface area contributed by atoms with Crippen LogP contribution in [0.1, 0.15) is 32.6 Å². The van der Waals surface area contributed by atoms with Gasteiger partial charge in [-0.1, -0.05) is 74.7 Å². The molecule has 7 heteroatoms. The zero-order valence-corrected chi connectivity index (χ0v) is 18.6. The number of carbonyl (C=O) groups is 2. The number of unbranched alkanes of at least 4 members (excludes halogenated alkanes) is 3. The third-order valence-electron chi connectivity index (χ3n) is 3.38. The molecule has 0 aliphatic rings. The van der Waals surface area contributed by atoms with E-state index in [1.807, 2.05) is 48.5 Å². The van der Waals surface area contributed by atoms with Crippen LogP contribution in [0.15, 0.2) is 54.6 Å². The third-order valence-corrected chi connectivity index (χ3v) is 3.38. The van der Waals surface area contributed by atoms with Gasteiger partial charge in [-0.3, -0.25) is 0 Å². The normalized spacial score (nSPS) is 9.22. The zero-order valence-electron chi connectivity index (χ0n) is 15.2. The summed E-state index contributed by atoms with van der Waals surface area (Å²) in [4.78, 5) is 20.3. The van der Waals surface area contributed by atoms with Gasteiger partial charge in [0.2, 0.25) is 0 Å². The number of rotatable bonds is 7. The van der Waals surface area contributed by atoms with E-state index in [4.69, 9.17) is 24.5 Å². The summed E-state index contributed by atoms with van der Waals surface area (Å²) in [6, 6.07) is 17.3. The maximum absolute atomic E-state index is 11.8. The summed E-state index contributed by atoms with van der Waals surface area (Å²) in [6.45, 7) is 2.56. The Labute approximate surface area is 181 Å². The molecule has 0 saturated carbocycles. The van der Waals surface area contributed by atoms with Gasteiger partial charge in [-0.15, -0.1) is 0 Å². The maximum Gasteiger partial charge on any atom is 0.513 e. The summed E-state index contributed by atoms with van der Waals surface area (Å²) in [7, 11) is 0. The van der Waals surface area contributed by atoms with Crippen LogP contribution in [0.5, 0.6) is 5.75 Å². The number of hydrogen-bond donors (Lipinski definition) is 2. The van der Waals surface area contributed by atoms with Crippen molar-refractivity contribution >= 4 is 12.3 Å². The van der Waals surface area contributed by atoms with Gasteiger partial charge in [-0.25, -0.2) is 9.59 Å². The van der Waals surface area contributed by atoms with Gasteiger partial charge in [0.1, 0.15) is 5.75 Å². The largest absolute Gasteiger partial charge is 0.513 e. The summed E-state index contributed by atoms with van der Waals surface area (Å²) in [6.07, 6.45) is 1.80.